The molecule has 1 aliphatic heterocycles. The molecule has 2 amide bonds. The number of anilines is 1. The third-order valence-electron chi connectivity index (χ3n) is 5.08. The van der Waals surface area contributed by atoms with E-state index in [4.69, 9.17) is 4.74 Å². The standard InChI is InChI=1S/C20H31N5O2/c1-2-27-18-10-12-21-19(23-18)24-13-6-14-25(16-15-24)20(26)22-11-9-17-7-4-3-5-8-17/h7,10,12H,2-6,8-9,11,13-16H2,1H3,(H,22,26). The van der Waals surface area contributed by atoms with E-state index in [1.165, 1.54) is 31.3 Å². The average molecular weight is 374 g/mol. The van der Waals surface area contributed by atoms with Crippen molar-refractivity contribution >= 4 is 12.0 Å². The number of carbonyl (C=O) groups is 1. The van der Waals surface area contributed by atoms with Crippen LogP contribution in [0, 0.1) is 0 Å². The van der Waals surface area contributed by atoms with E-state index in [0.717, 1.165) is 39.0 Å². The molecular weight excluding hydrogens is 342 g/mol. The maximum absolute atomic E-state index is 12.5. The van der Waals surface area contributed by atoms with E-state index in [-0.39, 0.29) is 6.03 Å². The highest BCUT2D eigenvalue weighted by molar-refractivity contribution is 5.74. The van der Waals surface area contributed by atoms with Gasteiger partial charge in [-0.3, -0.25) is 0 Å². The minimum atomic E-state index is 0.0391. The Balaban J connectivity index is 1.46. The number of hydrogen-bond donors (Lipinski definition) is 1. The van der Waals surface area contributed by atoms with Gasteiger partial charge in [-0.1, -0.05) is 11.6 Å². The van der Waals surface area contributed by atoms with Gasteiger partial charge in [-0.2, -0.15) is 4.98 Å². The van der Waals surface area contributed by atoms with E-state index in [0.29, 0.717) is 25.0 Å². The number of carbonyl (C=O) groups excluding carboxylic acids is 1. The Morgan fingerprint density at radius 2 is 2.15 bits per heavy atom. The van der Waals surface area contributed by atoms with Crippen molar-refractivity contribution in [3.8, 4) is 5.88 Å². The van der Waals surface area contributed by atoms with E-state index in [1.807, 2.05) is 11.8 Å². The molecule has 1 aromatic rings. The molecule has 1 N–H and O–H groups in total. The molecule has 7 heteroatoms. The molecule has 2 aliphatic rings. The summed E-state index contributed by atoms with van der Waals surface area (Å²) < 4.78 is 5.47. The van der Waals surface area contributed by atoms with Crippen LogP contribution in [0.1, 0.15) is 45.4 Å². The van der Waals surface area contributed by atoms with Gasteiger partial charge in [0.1, 0.15) is 0 Å². The van der Waals surface area contributed by atoms with Gasteiger partial charge in [-0.25, -0.2) is 9.78 Å². The maximum atomic E-state index is 12.5. The normalized spacial score (nSPS) is 17.9. The quantitative estimate of drug-likeness (QED) is 0.776. The fourth-order valence-electron chi connectivity index (χ4n) is 3.61. The molecule has 1 aromatic heterocycles. The number of nitrogens with zero attached hydrogens (tertiary/aromatic N) is 4. The topological polar surface area (TPSA) is 70.6 Å². The summed E-state index contributed by atoms with van der Waals surface area (Å²) in [6.07, 6.45) is 10.9. The van der Waals surface area contributed by atoms with E-state index >= 15 is 0 Å². The SMILES string of the molecule is CCOc1ccnc(N2CCCN(C(=O)NCCC3=CCCCC3)CC2)n1. The first-order valence-electron chi connectivity index (χ1n) is 10.2. The van der Waals surface area contributed by atoms with Crippen molar-refractivity contribution in [2.45, 2.75) is 45.4 Å². The van der Waals surface area contributed by atoms with Crippen LogP contribution < -0.4 is 15.0 Å². The van der Waals surface area contributed by atoms with Gasteiger partial charge in [0.15, 0.2) is 0 Å². The maximum Gasteiger partial charge on any atom is 0.317 e. The molecule has 0 spiro atoms. The third-order valence-corrected chi connectivity index (χ3v) is 5.08. The van der Waals surface area contributed by atoms with Crippen LogP contribution in [0.3, 0.4) is 0 Å². The van der Waals surface area contributed by atoms with Gasteiger partial charge in [0.2, 0.25) is 11.8 Å². The largest absolute Gasteiger partial charge is 0.478 e. The third kappa shape index (κ3) is 5.84. The molecule has 148 valence electrons. The van der Waals surface area contributed by atoms with Gasteiger partial charge >= 0.3 is 6.03 Å². The highest BCUT2D eigenvalue weighted by atomic mass is 16.5. The van der Waals surface area contributed by atoms with Gasteiger partial charge in [0.05, 0.1) is 6.61 Å². The Morgan fingerprint density at radius 3 is 2.96 bits per heavy atom. The van der Waals surface area contributed by atoms with Crippen molar-refractivity contribution in [2.24, 2.45) is 0 Å². The number of urea groups is 1. The van der Waals surface area contributed by atoms with Crippen LogP contribution in [0.5, 0.6) is 5.88 Å². The van der Waals surface area contributed by atoms with Gasteiger partial charge in [-0.15, -0.1) is 0 Å². The molecule has 0 radical (unpaired) electrons. The van der Waals surface area contributed by atoms with Crippen molar-refractivity contribution in [1.29, 1.82) is 0 Å². The second kappa shape index (κ2) is 10.1. The van der Waals surface area contributed by atoms with Crippen molar-refractivity contribution in [3.63, 3.8) is 0 Å². The molecule has 0 bridgehead atoms. The Labute approximate surface area is 161 Å². The van der Waals surface area contributed by atoms with Crippen LogP contribution in [-0.2, 0) is 0 Å². The van der Waals surface area contributed by atoms with E-state index in [2.05, 4.69) is 26.3 Å². The number of nitrogens with one attached hydrogen (secondary N) is 1. The summed E-state index contributed by atoms with van der Waals surface area (Å²) in [5.41, 5.74) is 1.50. The predicted molar refractivity (Wildman–Crippen MR) is 106 cm³/mol. The second-order valence-corrected chi connectivity index (χ2v) is 7.05. The zero-order chi connectivity index (χ0) is 18.9. The fraction of sp³-hybridized carbons (Fsp3) is 0.650. The van der Waals surface area contributed by atoms with Crippen molar-refractivity contribution in [3.05, 3.63) is 23.9 Å². The predicted octanol–water partition coefficient (Wildman–Crippen LogP) is 2.99. The minimum absolute atomic E-state index is 0.0391. The lowest BCUT2D eigenvalue weighted by atomic mass is 9.97. The molecule has 27 heavy (non-hydrogen) atoms. The number of hydrogen-bond acceptors (Lipinski definition) is 5. The zero-order valence-corrected chi connectivity index (χ0v) is 16.3. The summed E-state index contributed by atoms with van der Waals surface area (Å²) in [5.74, 6) is 1.27. The van der Waals surface area contributed by atoms with E-state index in [9.17, 15) is 4.79 Å². The summed E-state index contributed by atoms with van der Waals surface area (Å²) in [5, 5.41) is 3.08. The van der Waals surface area contributed by atoms with Gasteiger partial charge in [0.25, 0.3) is 0 Å². The molecule has 0 unspecified atom stereocenters. The Bertz CT molecular complexity index is 649. The highest BCUT2D eigenvalue weighted by Crippen LogP contribution is 2.19. The molecular formula is C20H31N5O2. The van der Waals surface area contributed by atoms with E-state index < -0.39 is 0 Å². The second-order valence-electron chi connectivity index (χ2n) is 7.05. The molecule has 1 fully saturated rings. The first-order chi connectivity index (χ1) is 13.3. The first kappa shape index (κ1) is 19.5. The number of rotatable bonds is 6. The number of allylic oxidation sites excluding steroid dienone is 1. The molecule has 3 rings (SSSR count). The van der Waals surface area contributed by atoms with Crippen LogP contribution in [-0.4, -0.2) is 60.2 Å². The van der Waals surface area contributed by atoms with Crippen LogP contribution >= 0.6 is 0 Å². The van der Waals surface area contributed by atoms with E-state index in [1.54, 1.807) is 12.3 Å². The lowest BCUT2D eigenvalue weighted by molar-refractivity contribution is 0.201. The van der Waals surface area contributed by atoms with Crippen LogP contribution in [0.15, 0.2) is 23.9 Å². The Hall–Kier alpha value is -2.31. The zero-order valence-electron chi connectivity index (χ0n) is 16.3. The van der Waals surface area contributed by atoms with Crippen molar-refractivity contribution in [1.82, 2.24) is 20.2 Å². The molecule has 2 heterocycles. The number of ether oxygens (including phenoxy) is 1. The Kier molecular flexibility index (Phi) is 7.30. The van der Waals surface area contributed by atoms with Crippen LogP contribution in [0.2, 0.25) is 0 Å². The molecule has 0 atom stereocenters. The Morgan fingerprint density at radius 1 is 1.22 bits per heavy atom. The smallest absolute Gasteiger partial charge is 0.317 e. The first-order valence-corrected chi connectivity index (χ1v) is 10.2. The lowest BCUT2D eigenvalue weighted by Crippen LogP contribution is -2.42. The molecule has 1 aliphatic carbocycles. The minimum Gasteiger partial charge on any atom is -0.478 e. The molecule has 0 saturated carbocycles. The molecule has 0 aromatic carbocycles. The number of aromatic nitrogens is 2. The molecule has 1 saturated heterocycles. The number of amides is 2. The van der Waals surface area contributed by atoms with Gasteiger partial charge in [-0.05, 0) is 45.4 Å². The summed E-state index contributed by atoms with van der Waals surface area (Å²) in [7, 11) is 0. The van der Waals surface area contributed by atoms with Gasteiger partial charge < -0.3 is 19.9 Å². The van der Waals surface area contributed by atoms with Crippen molar-refractivity contribution < 1.29 is 9.53 Å². The highest BCUT2D eigenvalue weighted by Gasteiger charge is 2.20. The van der Waals surface area contributed by atoms with Gasteiger partial charge in [0, 0.05) is 45.0 Å². The lowest BCUT2D eigenvalue weighted by Gasteiger charge is -2.23. The monoisotopic (exact) mass is 373 g/mol. The fourth-order valence-corrected chi connectivity index (χ4v) is 3.61. The average Bonchev–Trinajstić information content (AvgIpc) is 2.96. The van der Waals surface area contributed by atoms with Crippen molar-refractivity contribution in [2.75, 3.05) is 44.2 Å². The summed E-state index contributed by atoms with van der Waals surface area (Å²) in [6.45, 7) is 6.26. The summed E-state index contributed by atoms with van der Waals surface area (Å²) in [4.78, 5) is 25.4. The summed E-state index contributed by atoms with van der Waals surface area (Å²) >= 11 is 0. The molecule has 7 nitrogen and oxygen atoms in total. The summed E-state index contributed by atoms with van der Waals surface area (Å²) in [6, 6.07) is 1.81. The van der Waals surface area contributed by atoms with Crippen LogP contribution in [0.4, 0.5) is 10.7 Å². The van der Waals surface area contributed by atoms with Crippen LogP contribution in [0.25, 0.3) is 0 Å².